The maximum absolute atomic E-state index is 4.94. The summed E-state index contributed by atoms with van der Waals surface area (Å²) in [5, 5.41) is 1.07. The Balaban J connectivity index is 1.41. The average molecular weight is 375 g/mol. The molecule has 4 heterocycles. The Morgan fingerprint density at radius 3 is 2.29 bits per heavy atom. The Morgan fingerprint density at radius 2 is 1.57 bits per heavy atom. The fourth-order valence-corrected chi connectivity index (χ4v) is 3.92. The van der Waals surface area contributed by atoms with Crippen LogP contribution in [0.2, 0.25) is 0 Å². The van der Waals surface area contributed by atoms with E-state index in [4.69, 9.17) is 15.0 Å². The number of pyridine rings is 1. The summed E-state index contributed by atoms with van der Waals surface area (Å²) in [5.41, 5.74) is 3.22. The van der Waals surface area contributed by atoms with Crippen LogP contribution in [0.15, 0.2) is 18.5 Å². The molecular formula is C21H25N7. The molecule has 0 radical (unpaired) electrons. The van der Waals surface area contributed by atoms with E-state index >= 15 is 0 Å². The van der Waals surface area contributed by atoms with E-state index in [1.165, 1.54) is 18.4 Å². The van der Waals surface area contributed by atoms with Gasteiger partial charge in [0.15, 0.2) is 0 Å². The summed E-state index contributed by atoms with van der Waals surface area (Å²) < 4.78 is 0. The Labute approximate surface area is 164 Å². The van der Waals surface area contributed by atoms with Gasteiger partial charge in [0.05, 0.1) is 11.7 Å². The summed E-state index contributed by atoms with van der Waals surface area (Å²) in [6.45, 7) is 9.87. The van der Waals surface area contributed by atoms with E-state index in [1.807, 2.05) is 25.4 Å². The Kier molecular flexibility index (Phi) is 4.10. The second kappa shape index (κ2) is 6.65. The van der Waals surface area contributed by atoms with Crippen molar-refractivity contribution in [1.29, 1.82) is 0 Å². The first kappa shape index (κ1) is 17.3. The molecule has 7 nitrogen and oxygen atoms in total. The van der Waals surface area contributed by atoms with Gasteiger partial charge in [-0.2, -0.15) is 0 Å². The largest absolute Gasteiger partial charge is 0.353 e. The van der Waals surface area contributed by atoms with Gasteiger partial charge in [0.25, 0.3) is 0 Å². The molecule has 2 fully saturated rings. The molecule has 0 N–H and O–H groups in total. The van der Waals surface area contributed by atoms with Crippen molar-refractivity contribution in [1.82, 2.24) is 24.9 Å². The molecule has 1 saturated carbocycles. The SMILES string of the molecule is Cc1nc(N2CCN(c3nc(C4CC4)nc(C)c3C)CC2)c2ccncc2n1. The van der Waals surface area contributed by atoms with E-state index in [1.54, 1.807) is 0 Å². The molecule has 5 rings (SSSR count). The maximum Gasteiger partial charge on any atom is 0.140 e. The number of aromatic nitrogens is 5. The van der Waals surface area contributed by atoms with Gasteiger partial charge in [-0.3, -0.25) is 4.98 Å². The first-order chi connectivity index (χ1) is 13.6. The highest BCUT2D eigenvalue weighted by Crippen LogP contribution is 2.39. The van der Waals surface area contributed by atoms with E-state index in [0.717, 1.165) is 66.1 Å². The molecule has 1 aliphatic heterocycles. The fourth-order valence-electron chi connectivity index (χ4n) is 3.92. The quantitative estimate of drug-likeness (QED) is 0.697. The van der Waals surface area contributed by atoms with E-state index < -0.39 is 0 Å². The molecule has 144 valence electrons. The van der Waals surface area contributed by atoms with Gasteiger partial charge in [-0.1, -0.05) is 0 Å². The van der Waals surface area contributed by atoms with Gasteiger partial charge in [0.2, 0.25) is 0 Å². The highest BCUT2D eigenvalue weighted by molar-refractivity contribution is 5.88. The minimum atomic E-state index is 0.573. The number of aryl methyl sites for hydroxylation is 2. The summed E-state index contributed by atoms with van der Waals surface area (Å²) in [7, 11) is 0. The first-order valence-corrected chi connectivity index (χ1v) is 10.0. The molecule has 0 atom stereocenters. The van der Waals surface area contributed by atoms with Crippen molar-refractivity contribution >= 4 is 22.5 Å². The predicted molar refractivity (Wildman–Crippen MR) is 110 cm³/mol. The van der Waals surface area contributed by atoms with Crippen LogP contribution in [0.25, 0.3) is 10.9 Å². The van der Waals surface area contributed by atoms with Crippen molar-refractivity contribution in [2.75, 3.05) is 36.0 Å². The lowest BCUT2D eigenvalue weighted by Crippen LogP contribution is -2.47. The summed E-state index contributed by atoms with van der Waals surface area (Å²) in [5.74, 6) is 4.52. The number of hydrogen-bond donors (Lipinski definition) is 0. The van der Waals surface area contributed by atoms with Crippen LogP contribution in [0.1, 0.15) is 41.7 Å². The van der Waals surface area contributed by atoms with Crippen molar-refractivity contribution < 1.29 is 0 Å². The molecular weight excluding hydrogens is 350 g/mol. The average Bonchev–Trinajstić information content (AvgIpc) is 3.55. The minimum absolute atomic E-state index is 0.573. The summed E-state index contributed by atoms with van der Waals surface area (Å²) >= 11 is 0. The highest BCUT2D eigenvalue weighted by Gasteiger charge is 2.29. The molecule has 2 aliphatic rings. The zero-order valence-electron chi connectivity index (χ0n) is 16.7. The van der Waals surface area contributed by atoms with Gasteiger partial charge >= 0.3 is 0 Å². The molecule has 0 bridgehead atoms. The second-order valence-corrected chi connectivity index (χ2v) is 7.85. The zero-order chi connectivity index (χ0) is 19.3. The van der Waals surface area contributed by atoms with Crippen molar-refractivity contribution in [3.8, 4) is 0 Å². The fraction of sp³-hybridized carbons (Fsp3) is 0.476. The van der Waals surface area contributed by atoms with E-state index in [9.17, 15) is 0 Å². The molecule has 0 aromatic carbocycles. The number of hydrogen-bond acceptors (Lipinski definition) is 7. The van der Waals surface area contributed by atoms with Crippen molar-refractivity contribution in [3.63, 3.8) is 0 Å². The third-order valence-corrected chi connectivity index (χ3v) is 5.79. The topological polar surface area (TPSA) is 70.9 Å². The molecule has 3 aromatic rings. The standard InChI is InChI=1S/C21H25N7/c1-13-14(2)23-19(16-4-5-16)26-20(13)27-8-10-28(11-9-27)21-17-6-7-22-12-18(17)24-15(3)25-21/h6-7,12,16H,4-5,8-11H2,1-3H3. The smallest absolute Gasteiger partial charge is 0.140 e. The third kappa shape index (κ3) is 3.04. The molecule has 0 spiro atoms. The molecule has 0 amide bonds. The van der Waals surface area contributed by atoms with E-state index in [-0.39, 0.29) is 0 Å². The van der Waals surface area contributed by atoms with Gasteiger partial charge in [-0.15, -0.1) is 0 Å². The van der Waals surface area contributed by atoms with Crippen molar-refractivity contribution in [2.24, 2.45) is 0 Å². The Bertz CT molecular complexity index is 1040. The van der Waals surface area contributed by atoms with E-state index in [0.29, 0.717) is 5.92 Å². The molecule has 0 unspecified atom stereocenters. The lowest BCUT2D eigenvalue weighted by molar-refractivity contribution is 0.637. The Hall–Kier alpha value is -2.83. The van der Waals surface area contributed by atoms with Crippen molar-refractivity contribution in [3.05, 3.63) is 41.4 Å². The van der Waals surface area contributed by atoms with Gasteiger partial charge in [0.1, 0.15) is 23.3 Å². The number of anilines is 2. The van der Waals surface area contributed by atoms with Gasteiger partial charge in [-0.25, -0.2) is 19.9 Å². The molecule has 28 heavy (non-hydrogen) atoms. The molecule has 1 aliphatic carbocycles. The normalized spacial score (nSPS) is 17.4. The summed E-state index contributed by atoms with van der Waals surface area (Å²) in [6.07, 6.45) is 6.08. The zero-order valence-corrected chi connectivity index (χ0v) is 16.7. The lowest BCUT2D eigenvalue weighted by atomic mass is 10.2. The van der Waals surface area contributed by atoms with Crippen LogP contribution >= 0.6 is 0 Å². The maximum atomic E-state index is 4.94. The molecule has 1 saturated heterocycles. The van der Waals surface area contributed by atoms with Crippen LogP contribution in [-0.2, 0) is 0 Å². The highest BCUT2D eigenvalue weighted by atomic mass is 15.3. The first-order valence-electron chi connectivity index (χ1n) is 10.0. The van der Waals surface area contributed by atoms with Gasteiger partial charge in [-0.05, 0) is 39.7 Å². The monoisotopic (exact) mass is 375 g/mol. The Morgan fingerprint density at radius 1 is 0.857 bits per heavy atom. The van der Waals surface area contributed by atoms with Crippen molar-refractivity contribution in [2.45, 2.75) is 39.5 Å². The van der Waals surface area contributed by atoms with Crippen LogP contribution in [-0.4, -0.2) is 51.1 Å². The number of nitrogens with zero attached hydrogens (tertiary/aromatic N) is 7. The van der Waals surface area contributed by atoms with Gasteiger partial charge < -0.3 is 9.80 Å². The van der Waals surface area contributed by atoms with Crippen LogP contribution in [0.3, 0.4) is 0 Å². The minimum Gasteiger partial charge on any atom is -0.353 e. The van der Waals surface area contributed by atoms with Crippen LogP contribution in [0, 0.1) is 20.8 Å². The van der Waals surface area contributed by atoms with Crippen LogP contribution in [0.4, 0.5) is 11.6 Å². The summed E-state index contributed by atoms with van der Waals surface area (Å²) in [4.78, 5) is 27.9. The van der Waals surface area contributed by atoms with Crippen LogP contribution in [0.5, 0.6) is 0 Å². The van der Waals surface area contributed by atoms with Crippen LogP contribution < -0.4 is 9.80 Å². The van der Waals surface area contributed by atoms with E-state index in [2.05, 4.69) is 33.6 Å². The number of piperazine rings is 1. The number of rotatable bonds is 3. The molecule has 7 heteroatoms. The number of fused-ring (bicyclic) bond motifs is 1. The predicted octanol–water partition coefficient (Wildman–Crippen LogP) is 2.94. The lowest BCUT2D eigenvalue weighted by Gasteiger charge is -2.37. The third-order valence-electron chi connectivity index (χ3n) is 5.79. The summed E-state index contributed by atoms with van der Waals surface area (Å²) in [6, 6.07) is 2.01. The molecule has 3 aromatic heterocycles. The van der Waals surface area contributed by atoms with Gasteiger partial charge in [0, 0.05) is 54.9 Å². The second-order valence-electron chi connectivity index (χ2n) is 7.85.